The zero-order chi connectivity index (χ0) is 21.7. The van der Waals surface area contributed by atoms with E-state index >= 15 is 0 Å². The van der Waals surface area contributed by atoms with Crippen LogP contribution in [-0.2, 0) is 16.6 Å². The largest absolute Gasteiger partial charge is 0.468 e. The Kier molecular flexibility index (Phi) is 6.19. The Bertz CT molecular complexity index is 1170. The molecule has 0 aliphatic heterocycles. The number of anilines is 2. The maximum atomic E-state index is 12.7. The second kappa shape index (κ2) is 8.80. The Labute approximate surface area is 173 Å². The summed E-state index contributed by atoms with van der Waals surface area (Å²) in [4.78, 5) is 23.7. The molecule has 156 valence electrons. The third kappa shape index (κ3) is 5.25. The fraction of sp³-hybridized carbons (Fsp3) is 0.100. The molecule has 1 heterocycles. The topological polar surface area (TPSA) is 144 Å². The molecule has 5 N–H and O–H groups in total. The predicted molar refractivity (Wildman–Crippen MR) is 112 cm³/mol. The van der Waals surface area contributed by atoms with Gasteiger partial charge in [-0.2, -0.15) is 0 Å². The minimum atomic E-state index is -3.85. The molecule has 0 bridgehead atoms. The van der Waals surface area contributed by atoms with E-state index in [9.17, 15) is 18.0 Å². The van der Waals surface area contributed by atoms with E-state index in [1.54, 1.807) is 43.3 Å². The first-order valence-corrected chi connectivity index (χ1v) is 10.3. The van der Waals surface area contributed by atoms with Gasteiger partial charge >= 0.3 is 6.03 Å². The molecule has 0 saturated heterocycles. The van der Waals surface area contributed by atoms with Gasteiger partial charge in [-0.1, -0.05) is 12.1 Å². The fourth-order valence-corrected chi connectivity index (χ4v) is 3.71. The van der Waals surface area contributed by atoms with Crippen LogP contribution in [0, 0.1) is 6.92 Å². The van der Waals surface area contributed by atoms with Gasteiger partial charge in [0, 0.05) is 16.9 Å². The summed E-state index contributed by atoms with van der Waals surface area (Å²) in [6.45, 7) is 1.69. The Morgan fingerprint density at radius 2 is 1.73 bits per heavy atom. The van der Waals surface area contributed by atoms with Gasteiger partial charge in [0.25, 0.3) is 5.91 Å². The molecule has 30 heavy (non-hydrogen) atoms. The van der Waals surface area contributed by atoms with Crippen LogP contribution in [0.25, 0.3) is 0 Å². The molecule has 0 atom stereocenters. The van der Waals surface area contributed by atoms with Crippen LogP contribution in [0.4, 0.5) is 16.2 Å². The van der Waals surface area contributed by atoms with E-state index < -0.39 is 22.0 Å². The number of furan rings is 1. The average Bonchev–Trinajstić information content (AvgIpc) is 3.20. The number of amides is 3. The molecule has 3 amide bonds. The summed E-state index contributed by atoms with van der Waals surface area (Å²) in [6.07, 6.45) is 1.45. The van der Waals surface area contributed by atoms with Gasteiger partial charge in [0.15, 0.2) is 0 Å². The van der Waals surface area contributed by atoms with E-state index in [4.69, 9.17) is 10.2 Å². The number of urea groups is 1. The van der Waals surface area contributed by atoms with E-state index in [0.717, 1.165) is 0 Å². The maximum absolute atomic E-state index is 12.7. The van der Waals surface area contributed by atoms with Crippen molar-refractivity contribution >= 4 is 33.3 Å². The zero-order valence-corrected chi connectivity index (χ0v) is 16.8. The summed E-state index contributed by atoms with van der Waals surface area (Å²) in [5.74, 6) is -0.0279. The van der Waals surface area contributed by atoms with Crippen molar-refractivity contribution in [2.75, 3.05) is 10.6 Å². The maximum Gasteiger partial charge on any atom is 0.316 e. The van der Waals surface area contributed by atoms with Gasteiger partial charge in [0.1, 0.15) is 5.76 Å². The first kappa shape index (κ1) is 21.1. The van der Waals surface area contributed by atoms with Crippen LogP contribution in [0.5, 0.6) is 0 Å². The number of sulfonamides is 1. The lowest BCUT2D eigenvalue weighted by Gasteiger charge is -2.12. The van der Waals surface area contributed by atoms with Crippen molar-refractivity contribution in [3.05, 3.63) is 77.7 Å². The van der Waals surface area contributed by atoms with Crippen molar-refractivity contribution in [3.63, 3.8) is 0 Å². The van der Waals surface area contributed by atoms with Crippen LogP contribution in [0.2, 0.25) is 0 Å². The minimum Gasteiger partial charge on any atom is -0.468 e. The number of nitrogens with one attached hydrogen (secondary N) is 3. The van der Waals surface area contributed by atoms with Gasteiger partial charge in [0.2, 0.25) is 10.0 Å². The molecule has 0 unspecified atom stereocenters. The normalized spacial score (nSPS) is 11.1. The Morgan fingerprint density at radius 3 is 2.40 bits per heavy atom. The van der Waals surface area contributed by atoms with Gasteiger partial charge in [-0.25, -0.2) is 17.9 Å². The molecule has 0 saturated carbocycles. The predicted octanol–water partition coefficient (Wildman–Crippen LogP) is 2.81. The van der Waals surface area contributed by atoms with E-state index in [1.165, 1.54) is 24.5 Å². The summed E-state index contributed by atoms with van der Waals surface area (Å²) in [5.41, 5.74) is 6.72. The van der Waals surface area contributed by atoms with E-state index in [2.05, 4.69) is 15.4 Å². The second-order valence-corrected chi connectivity index (χ2v) is 8.17. The monoisotopic (exact) mass is 428 g/mol. The van der Waals surface area contributed by atoms with Crippen LogP contribution in [0.15, 0.2) is 70.2 Å². The smallest absolute Gasteiger partial charge is 0.316 e. The standard InChI is InChI=1S/C20H20N4O5S/c1-13-7-8-17(30(27,28)22-12-16-6-3-9-29-16)11-18(13)19(25)23-14-4-2-5-15(10-14)24-20(21)26/h2-11,22H,12H2,1H3,(H,23,25)(H3,21,24,26). The highest BCUT2D eigenvalue weighted by molar-refractivity contribution is 7.89. The number of carbonyl (C=O) groups excluding carboxylic acids is 2. The van der Waals surface area contributed by atoms with Crippen LogP contribution in [0.1, 0.15) is 21.7 Å². The van der Waals surface area contributed by atoms with Gasteiger partial charge in [-0.05, 0) is 55.0 Å². The number of aryl methyl sites for hydroxylation is 1. The summed E-state index contributed by atoms with van der Waals surface area (Å²) in [5, 5.41) is 5.10. The quantitative estimate of drug-likeness (QED) is 0.457. The molecule has 3 aromatic rings. The molecule has 9 nitrogen and oxygen atoms in total. The van der Waals surface area contributed by atoms with E-state index in [-0.39, 0.29) is 17.0 Å². The minimum absolute atomic E-state index is 0.00953. The highest BCUT2D eigenvalue weighted by atomic mass is 32.2. The third-order valence-corrected chi connectivity index (χ3v) is 5.57. The first-order valence-electron chi connectivity index (χ1n) is 8.85. The number of carbonyl (C=O) groups is 2. The summed E-state index contributed by atoms with van der Waals surface area (Å²) in [7, 11) is -3.85. The molecule has 2 aromatic carbocycles. The highest BCUT2D eigenvalue weighted by Crippen LogP contribution is 2.20. The van der Waals surface area contributed by atoms with Crippen molar-refractivity contribution < 1.29 is 22.4 Å². The Hall–Kier alpha value is -3.63. The SMILES string of the molecule is Cc1ccc(S(=O)(=O)NCc2ccco2)cc1C(=O)Nc1cccc(NC(N)=O)c1. The van der Waals surface area contributed by atoms with E-state index in [1.807, 2.05) is 0 Å². The Balaban J connectivity index is 1.79. The molecular weight excluding hydrogens is 408 g/mol. The number of hydrogen-bond acceptors (Lipinski definition) is 5. The fourth-order valence-electron chi connectivity index (χ4n) is 2.69. The molecule has 10 heteroatoms. The summed E-state index contributed by atoms with van der Waals surface area (Å²) in [6, 6.07) is 13.3. The number of benzene rings is 2. The zero-order valence-electron chi connectivity index (χ0n) is 16.0. The molecule has 1 aromatic heterocycles. The van der Waals surface area contributed by atoms with Crippen molar-refractivity contribution in [3.8, 4) is 0 Å². The lowest BCUT2D eigenvalue weighted by atomic mass is 10.1. The van der Waals surface area contributed by atoms with Crippen LogP contribution >= 0.6 is 0 Å². The van der Waals surface area contributed by atoms with Crippen molar-refractivity contribution in [1.29, 1.82) is 0 Å². The molecule has 0 aliphatic rings. The first-order chi connectivity index (χ1) is 14.2. The van der Waals surface area contributed by atoms with Crippen molar-refractivity contribution in [1.82, 2.24) is 4.72 Å². The summed E-state index contributed by atoms with van der Waals surface area (Å²) >= 11 is 0. The molecule has 0 aliphatic carbocycles. The van der Waals surface area contributed by atoms with E-state index in [0.29, 0.717) is 22.7 Å². The number of rotatable bonds is 7. The molecular formula is C20H20N4O5S. The van der Waals surface area contributed by atoms with Gasteiger partial charge in [0.05, 0.1) is 17.7 Å². The lowest BCUT2D eigenvalue weighted by Crippen LogP contribution is -2.24. The average molecular weight is 428 g/mol. The molecule has 0 radical (unpaired) electrons. The highest BCUT2D eigenvalue weighted by Gasteiger charge is 2.18. The van der Waals surface area contributed by atoms with Crippen molar-refractivity contribution in [2.45, 2.75) is 18.4 Å². The third-order valence-electron chi connectivity index (χ3n) is 4.17. The molecule has 0 fully saturated rings. The van der Waals surface area contributed by atoms with Gasteiger partial charge in [-0.3, -0.25) is 4.79 Å². The van der Waals surface area contributed by atoms with Gasteiger partial charge < -0.3 is 20.8 Å². The Morgan fingerprint density at radius 1 is 1.00 bits per heavy atom. The number of primary amides is 1. The van der Waals surface area contributed by atoms with Crippen LogP contribution in [0.3, 0.4) is 0 Å². The number of nitrogens with two attached hydrogens (primary N) is 1. The second-order valence-electron chi connectivity index (χ2n) is 6.40. The molecule has 0 spiro atoms. The van der Waals surface area contributed by atoms with Gasteiger partial charge in [-0.15, -0.1) is 0 Å². The lowest BCUT2D eigenvalue weighted by molar-refractivity contribution is 0.102. The van der Waals surface area contributed by atoms with Crippen LogP contribution < -0.4 is 21.1 Å². The number of hydrogen-bond donors (Lipinski definition) is 4. The van der Waals surface area contributed by atoms with Crippen LogP contribution in [-0.4, -0.2) is 20.4 Å². The molecule has 3 rings (SSSR count). The summed E-state index contributed by atoms with van der Waals surface area (Å²) < 4.78 is 32.7. The van der Waals surface area contributed by atoms with Crippen molar-refractivity contribution in [2.24, 2.45) is 5.73 Å².